The highest BCUT2D eigenvalue weighted by Gasteiger charge is 2.36. The van der Waals surface area contributed by atoms with E-state index in [0.717, 1.165) is 6.92 Å². The third kappa shape index (κ3) is 28.0. The molecule has 0 aromatic rings. The number of nitrogens with two attached hydrogens (primary N) is 3. The SMILES string of the molecule is CC(C)C[C@H](NC(=O)[C@H](CC(C)C)NC(=O)[C@H](CC(=O)O)NC(=O)CNC(=O)[C@@H](NC(=O)[C@H](C)NC(=O)[C@@H](NC(=O)[C@H](CC(C)C)NC(=O)[C@H](CCCN=C(N)N)NC(=O)[C@@H](N)CC(C)C)[C@@H](C)O)[C@@H](C)O)C(=O)O. The first kappa shape index (κ1) is 68.3. The summed E-state index contributed by atoms with van der Waals surface area (Å²) in [5.41, 5.74) is 16.9. The largest absolute Gasteiger partial charge is 0.481 e. The molecule has 0 aliphatic carbocycles. The molecule has 428 valence electrons. The second-order valence-corrected chi connectivity index (χ2v) is 20.3. The first-order valence-corrected chi connectivity index (χ1v) is 25.0. The van der Waals surface area contributed by atoms with E-state index in [0.29, 0.717) is 6.42 Å². The van der Waals surface area contributed by atoms with Crippen molar-refractivity contribution in [2.45, 2.75) is 188 Å². The van der Waals surface area contributed by atoms with Crippen molar-refractivity contribution in [3.8, 4) is 0 Å². The monoisotopic (exact) mass is 1070 g/mol. The lowest BCUT2D eigenvalue weighted by Gasteiger charge is -2.28. The maximum absolute atomic E-state index is 13.8. The van der Waals surface area contributed by atoms with Gasteiger partial charge in [-0.2, -0.15) is 0 Å². The van der Waals surface area contributed by atoms with E-state index in [4.69, 9.17) is 17.2 Å². The van der Waals surface area contributed by atoms with E-state index in [1.165, 1.54) is 13.8 Å². The van der Waals surface area contributed by atoms with E-state index in [1.54, 1.807) is 41.5 Å². The van der Waals surface area contributed by atoms with Crippen molar-refractivity contribution in [3.63, 3.8) is 0 Å². The standard InChI is InChI=1S/C47H85N13O15/c1-21(2)15-28(48)39(67)55-29(13-12-14-51-47(49)50)40(68)56-31(17-23(5)6)43(71)60-37(27(11)62)45(73)53-25(9)38(66)59-36(26(10)61)44(72)52-20-34(63)54-32(19-35(64)65)42(70)57-30(16-22(3)4)41(69)58-33(46(74)75)18-24(7)8/h21-33,36-37,61-62H,12-20,48H2,1-11H3,(H,52,72)(H,53,73)(H,54,63)(H,55,67)(H,56,68)(H,57,70)(H,58,69)(H,59,66)(H,60,71)(H,64,65)(H,74,75)(H4,49,50,51)/t25-,26+,27+,28-,29-,30-,31-,32-,33-,36-,37-/m0/s1. The van der Waals surface area contributed by atoms with Crippen LogP contribution in [0, 0.1) is 23.7 Å². The van der Waals surface area contributed by atoms with E-state index in [2.05, 4.69) is 52.8 Å². The third-order valence-electron chi connectivity index (χ3n) is 11.0. The highest BCUT2D eigenvalue weighted by Crippen LogP contribution is 2.12. The molecule has 0 saturated carbocycles. The predicted octanol–water partition coefficient (Wildman–Crippen LogP) is -4.11. The van der Waals surface area contributed by atoms with Crippen LogP contribution in [-0.2, 0) is 52.7 Å². The van der Waals surface area contributed by atoms with Gasteiger partial charge < -0.3 is 85.5 Å². The summed E-state index contributed by atoms with van der Waals surface area (Å²) in [5, 5.41) is 61.4. The topological polar surface area (TPSA) is 467 Å². The van der Waals surface area contributed by atoms with Crippen molar-refractivity contribution in [2.75, 3.05) is 13.1 Å². The summed E-state index contributed by atoms with van der Waals surface area (Å²) in [7, 11) is 0. The van der Waals surface area contributed by atoms with Crippen LogP contribution in [0.2, 0.25) is 0 Å². The van der Waals surface area contributed by atoms with Crippen molar-refractivity contribution in [3.05, 3.63) is 0 Å². The number of nitrogens with zero attached hydrogens (tertiary/aromatic N) is 1. The van der Waals surface area contributed by atoms with E-state index in [9.17, 15) is 73.2 Å². The number of carboxylic acids is 2. The lowest BCUT2D eigenvalue weighted by Crippen LogP contribution is -2.62. The Morgan fingerprint density at radius 1 is 0.467 bits per heavy atom. The van der Waals surface area contributed by atoms with Gasteiger partial charge in [0.1, 0.15) is 48.3 Å². The second-order valence-electron chi connectivity index (χ2n) is 20.3. The van der Waals surface area contributed by atoms with Crippen molar-refractivity contribution in [1.82, 2.24) is 47.9 Å². The molecule has 0 aliphatic rings. The van der Waals surface area contributed by atoms with Gasteiger partial charge in [0, 0.05) is 6.54 Å². The second kappa shape index (κ2) is 34.0. The fourth-order valence-electron chi connectivity index (χ4n) is 7.20. The average Bonchev–Trinajstić information content (AvgIpc) is 3.27. The quantitative estimate of drug-likeness (QED) is 0.0163. The molecule has 75 heavy (non-hydrogen) atoms. The number of amides is 9. The fourth-order valence-corrected chi connectivity index (χ4v) is 7.20. The van der Waals surface area contributed by atoms with Gasteiger partial charge in [0.25, 0.3) is 0 Å². The van der Waals surface area contributed by atoms with Crippen LogP contribution in [0.25, 0.3) is 0 Å². The number of carbonyl (C=O) groups is 11. The Balaban J connectivity index is 6.03. The maximum atomic E-state index is 13.8. The summed E-state index contributed by atoms with van der Waals surface area (Å²) in [5.74, 6) is -12.1. The van der Waals surface area contributed by atoms with E-state index < -0.39 is 145 Å². The Kier molecular flexibility index (Phi) is 31.0. The number of nitrogens with one attached hydrogen (secondary N) is 9. The molecule has 0 unspecified atom stereocenters. The summed E-state index contributed by atoms with van der Waals surface area (Å²) in [6, 6.07) is -12.9. The molecule has 19 N–H and O–H groups in total. The molecule has 9 amide bonds. The average molecular weight is 1070 g/mol. The zero-order chi connectivity index (χ0) is 58.0. The minimum absolute atomic E-state index is 0.00715. The van der Waals surface area contributed by atoms with Gasteiger partial charge in [-0.05, 0) is 83.0 Å². The van der Waals surface area contributed by atoms with Gasteiger partial charge in [-0.3, -0.25) is 52.9 Å². The van der Waals surface area contributed by atoms with Crippen LogP contribution < -0.4 is 65.1 Å². The lowest BCUT2D eigenvalue weighted by atomic mass is 10.00. The van der Waals surface area contributed by atoms with E-state index in [-0.39, 0.29) is 68.3 Å². The predicted molar refractivity (Wildman–Crippen MR) is 273 cm³/mol. The van der Waals surface area contributed by atoms with Gasteiger partial charge in [0.2, 0.25) is 53.2 Å². The molecule has 0 saturated heterocycles. The van der Waals surface area contributed by atoms with Gasteiger partial charge in [0.05, 0.1) is 31.2 Å². The van der Waals surface area contributed by atoms with Crippen molar-refractivity contribution in [2.24, 2.45) is 45.9 Å². The number of hydrogen-bond acceptors (Lipinski definition) is 15. The number of carboxylic acid groups (broad SMARTS) is 2. The Bertz CT molecular complexity index is 1980. The first-order valence-electron chi connectivity index (χ1n) is 25.0. The Labute approximate surface area is 437 Å². The minimum Gasteiger partial charge on any atom is -0.481 e. The highest BCUT2D eigenvalue weighted by atomic mass is 16.4. The van der Waals surface area contributed by atoms with Crippen LogP contribution in [0.4, 0.5) is 0 Å². The van der Waals surface area contributed by atoms with Crippen LogP contribution >= 0.6 is 0 Å². The molecule has 28 heteroatoms. The Hall–Kier alpha value is -6.68. The van der Waals surface area contributed by atoms with Gasteiger partial charge in [-0.25, -0.2) is 4.79 Å². The first-order chi connectivity index (χ1) is 34.7. The lowest BCUT2D eigenvalue weighted by molar-refractivity contribution is -0.143. The molecular weight excluding hydrogens is 987 g/mol. The van der Waals surface area contributed by atoms with E-state index in [1.807, 2.05) is 13.8 Å². The van der Waals surface area contributed by atoms with Crippen LogP contribution in [0.1, 0.15) is 121 Å². The molecule has 0 radical (unpaired) electrons. The number of rotatable bonds is 35. The number of guanidine groups is 1. The molecule has 0 aromatic heterocycles. The molecule has 28 nitrogen and oxygen atoms in total. The van der Waals surface area contributed by atoms with Gasteiger partial charge >= 0.3 is 11.9 Å². The third-order valence-corrected chi connectivity index (χ3v) is 11.0. The maximum Gasteiger partial charge on any atom is 0.326 e. The van der Waals surface area contributed by atoms with Crippen molar-refractivity contribution >= 4 is 71.1 Å². The molecular formula is C47H85N13O15. The number of hydrogen-bond donors (Lipinski definition) is 16. The Morgan fingerprint density at radius 3 is 1.33 bits per heavy atom. The molecule has 0 aliphatic heterocycles. The number of aliphatic imine (C=N–C) groups is 1. The molecule has 0 fully saturated rings. The molecule has 0 spiro atoms. The zero-order valence-electron chi connectivity index (χ0n) is 45.0. The Morgan fingerprint density at radius 2 is 0.880 bits per heavy atom. The summed E-state index contributed by atoms with van der Waals surface area (Å²) in [4.78, 5) is 147. The molecule has 0 bridgehead atoms. The van der Waals surface area contributed by atoms with Gasteiger partial charge in [-0.1, -0.05) is 55.4 Å². The molecule has 0 aromatic carbocycles. The smallest absolute Gasteiger partial charge is 0.326 e. The molecule has 0 heterocycles. The van der Waals surface area contributed by atoms with E-state index >= 15 is 0 Å². The molecule has 11 atom stereocenters. The fraction of sp³-hybridized carbons (Fsp3) is 0.745. The van der Waals surface area contributed by atoms with Gasteiger partial charge in [-0.15, -0.1) is 0 Å². The zero-order valence-corrected chi connectivity index (χ0v) is 45.0. The number of aliphatic hydroxyl groups is 2. The highest BCUT2D eigenvalue weighted by molar-refractivity contribution is 5.98. The number of carbonyl (C=O) groups excluding carboxylic acids is 9. The van der Waals surface area contributed by atoms with Crippen LogP contribution in [0.5, 0.6) is 0 Å². The van der Waals surface area contributed by atoms with Crippen LogP contribution in [-0.4, -0.2) is 171 Å². The summed E-state index contributed by atoms with van der Waals surface area (Å²) in [6.07, 6.45) is -3.46. The molecule has 0 rings (SSSR count). The summed E-state index contributed by atoms with van der Waals surface area (Å²) < 4.78 is 0. The number of aliphatic carboxylic acids is 2. The summed E-state index contributed by atoms with van der Waals surface area (Å²) >= 11 is 0. The number of aliphatic hydroxyl groups excluding tert-OH is 2. The van der Waals surface area contributed by atoms with Gasteiger partial charge in [0.15, 0.2) is 5.96 Å². The van der Waals surface area contributed by atoms with Crippen molar-refractivity contribution in [1.29, 1.82) is 0 Å². The van der Waals surface area contributed by atoms with Crippen LogP contribution in [0.3, 0.4) is 0 Å². The van der Waals surface area contributed by atoms with Crippen LogP contribution in [0.15, 0.2) is 4.99 Å². The summed E-state index contributed by atoms with van der Waals surface area (Å²) in [6.45, 7) is 16.8. The van der Waals surface area contributed by atoms with Crippen molar-refractivity contribution < 1.29 is 73.2 Å². The normalized spacial score (nSPS) is 15.7. The minimum atomic E-state index is -1.79.